The maximum atomic E-state index is 12.6. The Hall–Kier alpha value is -1.06. The molecular formula is C18H21Cl2NO2. The van der Waals surface area contributed by atoms with Crippen molar-refractivity contribution in [3.05, 3.63) is 33.8 Å². The lowest BCUT2D eigenvalue weighted by molar-refractivity contribution is -0.136. The third-order valence-electron chi connectivity index (χ3n) is 5.09. The summed E-state index contributed by atoms with van der Waals surface area (Å²) in [7, 11) is 0. The monoisotopic (exact) mass is 353 g/mol. The quantitative estimate of drug-likeness (QED) is 0.744. The van der Waals surface area contributed by atoms with Gasteiger partial charge in [0, 0.05) is 30.5 Å². The molecule has 1 aromatic carbocycles. The van der Waals surface area contributed by atoms with Gasteiger partial charge in [-0.3, -0.25) is 9.59 Å². The third kappa shape index (κ3) is 3.72. The molecule has 1 saturated heterocycles. The molecule has 1 saturated carbocycles. The molecule has 5 heteroatoms. The zero-order valence-corrected chi connectivity index (χ0v) is 14.6. The van der Waals surface area contributed by atoms with Gasteiger partial charge in [-0.15, -0.1) is 0 Å². The standard InChI is InChI=1S/C18H21Cl2NO2/c19-15-6-5-14(11-16(15)20)17(22)12-7-9-21(10-8-12)18(23)13-3-1-2-4-13/h5-6,11-13H,1-4,7-10H2. The number of hydrogen-bond donors (Lipinski definition) is 0. The molecule has 3 rings (SSSR count). The molecule has 3 nitrogen and oxygen atoms in total. The fourth-order valence-corrected chi connectivity index (χ4v) is 3.98. The molecule has 1 amide bonds. The van der Waals surface area contributed by atoms with Crippen molar-refractivity contribution >= 4 is 34.9 Å². The smallest absolute Gasteiger partial charge is 0.225 e. The van der Waals surface area contributed by atoms with Crippen molar-refractivity contribution in [2.24, 2.45) is 11.8 Å². The molecule has 0 bridgehead atoms. The van der Waals surface area contributed by atoms with Gasteiger partial charge in [0.05, 0.1) is 10.0 Å². The number of halogens is 2. The molecule has 0 radical (unpaired) electrons. The van der Waals surface area contributed by atoms with Gasteiger partial charge in [0.1, 0.15) is 0 Å². The minimum absolute atomic E-state index is 0.0279. The molecule has 0 aromatic heterocycles. The van der Waals surface area contributed by atoms with Crippen LogP contribution in [0.4, 0.5) is 0 Å². The molecule has 0 N–H and O–H groups in total. The maximum Gasteiger partial charge on any atom is 0.225 e. The minimum atomic E-state index is -0.0279. The summed E-state index contributed by atoms with van der Waals surface area (Å²) >= 11 is 11.9. The number of nitrogens with zero attached hydrogens (tertiary/aromatic N) is 1. The number of ketones is 1. The van der Waals surface area contributed by atoms with Gasteiger partial charge in [0.15, 0.2) is 5.78 Å². The van der Waals surface area contributed by atoms with E-state index in [0.717, 1.165) is 25.7 Å². The SMILES string of the molecule is O=C(c1ccc(Cl)c(Cl)c1)C1CCN(C(=O)C2CCCC2)CC1. The van der Waals surface area contributed by atoms with Gasteiger partial charge in [0.25, 0.3) is 0 Å². The van der Waals surface area contributed by atoms with Crippen molar-refractivity contribution in [1.82, 2.24) is 4.90 Å². The van der Waals surface area contributed by atoms with Gasteiger partial charge in [-0.05, 0) is 43.9 Å². The second kappa shape index (κ2) is 7.23. The number of benzene rings is 1. The number of likely N-dealkylation sites (tertiary alicyclic amines) is 1. The Balaban J connectivity index is 1.58. The Morgan fingerprint density at radius 1 is 0.913 bits per heavy atom. The maximum absolute atomic E-state index is 12.6. The number of amides is 1. The Kier molecular flexibility index (Phi) is 5.27. The lowest BCUT2D eigenvalue weighted by atomic mass is 9.88. The number of Topliss-reactive ketones (excluding diaryl/α,β-unsaturated/α-hetero) is 1. The van der Waals surface area contributed by atoms with Gasteiger partial charge in [-0.2, -0.15) is 0 Å². The first-order chi connectivity index (χ1) is 11.1. The fourth-order valence-electron chi connectivity index (χ4n) is 3.68. The molecule has 1 aromatic rings. The first-order valence-electron chi connectivity index (χ1n) is 8.34. The Morgan fingerprint density at radius 2 is 1.57 bits per heavy atom. The summed E-state index contributed by atoms with van der Waals surface area (Å²) in [5.74, 6) is 0.594. The molecule has 1 aliphatic heterocycles. The van der Waals surface area contributed by atoms with Crippen LogP contribution in [0.1, 0.15) is 48.9 Å². The molecule has 2 fully saturated rings. The number of carbonyl (C=O) groups excluding carboxylic acids is 2. The lowest BCUT2D eigenvalue weighted by Crippen LogP contribution is -2.42. The van der Waals surface area contributed by atoms with E-state index in [2.05, 4.69) is 0 Å². The average Bonchev–Trinajstić information content (AvgIpc) is 3.11. The fraction of sp³-hybridized carbons (Fsp3) is 0.556. The van der Waals surface area contributed by atoms with Crippen molar-refractivity contribution in [2.75, 3.05) is 13.1 Å². The first-order valence-corrected chi connectivity index (χ1v) is 9.10. The summed E-state index contributed by atoms with van der Waals surface area (Å²) < 4.78 is 0. The number of hydrogen-bond acceptors (Lipinski definition) is 2. The average molecular weight is 354 g/mol. The van der Waals surface area contributed by atoms with E-state index in [1.165, 1.54) is 12.8 Å². The normalized spacial score (nSPS) is 20.0. The van der Waals surface area contributed by atoms with Crippen molar-refractivity contribution in [3.63, 3.8) is 0 Å². The summed E-state index contributed by atoms with van der Waals surface area (Å²) in [6.07, 6.45) is 5.86. The minimum Gasteiger partial charge on any atom is -0.342 e. The van der Waals surface area contributed by atoms with Crippen molar-refractivity contribution in [2.45, 2.75) is 38.5 Å². The van der Waals surface area contributed by atoms with Crippen LogP contribution in [0, 0.1) is 11.8 Å². The molecule has 1 heterocycles. The summed E-state index contributed by atoms with van der Waals surface area (Å²) in [6.45, 7) is 1.38. The number of piperidine rings is 1. The van der Waals surface area contributed by atoms with Crippen LogP contribution in [0.2, 0.25) is 10.0 Å². The van der Waals surface area contributed by atoms with E-state index >= 15 is 0 Å². The van der Waals surface area contributed by atoms with Crippen LogP contribution in [0.5, 0.6) is 0 Å². The summed E-state index contributed by atoms with van der Waals surface area (Å²) in [6, 6.07) is 5.03. The van der Waals surface area contributed by atoms with Crippen LogP contribution in [-0.4, -0.2) is 29.7 Å². The van der Waals surface area contributed by atoms with E-state index in [1.807, 2.05) is 4.90 Å². The van der Waals surface area contributed by atoms with E-state index in [9.17, 15) is 9.59 Å². The second-order valence-corrected chi connectivity index (χ2v) is 7.39. The van der Waals surface area contributed by atoms with Gasteiger partial charge in [0.2, 0.25) is 5.91 Å². The lowest BCUT2D eigenvalue weighted by Gasteiger charge is -2.33. The van der Waals surface area contributed by atoms with E-state index < -0.39 is 0 Å². The zero-order valence-electron chi connectivity index (χ0n) is 13.1. The van der Waals surface area contributed by atoms with Gasteiger partial charge in [-0.25, -0.2) is 0 Å². The van der Waals surface area contributed by atoms with Crippen LogP contribution in [0.15, 0.2) is 18.2 Å². The van der Waals surface area contributed by atoms with E-state index in [4.69, 9.17) is 23.2 Å². The second-order valence-electron chi connectivity index (χ2n) is 6.57. The van der Waals surface area contributed by atoms with Crippen molar-refractivity contribution < 1.29 is 9.59 Å². The summed E-state index contributed by atoms with van der Waals surface area (Å²) in [4.78, 5) is 27.0. The van der Waals surface area contributed by atoms with Gasteiger partial charge in [-0.1, -0.05) is 36.0 Å². The van der Waals surface area contributed by atoms with Crippen LogP contribution in [0.3, 0.4) is 0 Å². The van der Waals surface area contributed by atoms with Crippen LogP contribution in [-0.2, 0) is 4.79 Å². The molecule has 0 atom stereocenters. The molecular weight excluding hydrogens is 333 g/mol. The molecule has 124 valence electrons. The van der Waals surface area contributed by atoms with Crippen molar-refractivity contribution in [1.29, 1.82) is 0 Å². The van der Waals surface area contributed by atoms with E-state index in [1.54, 1.807) is 18.2 Å². The van der Waals surface area contributed by atoms with Gasteiger partial charge < -0.3 is 4.90 Å². The van der Waals surface area contributed by atoms with E-state index in [0.29, 0.717) is 34.6 Å². The predicted octanol–water partition coefficient (Wildman–Crippen LogP) is 4.60. The van der Waals surface area contributed by atoms with Crippen molar-refractivity contribution in [3.8, 4) is 0 Å². The Bertz CT molecular complexity index is 603. The third-order valence-corrected chi connectivity index (χ3v) is 5.82. The predicted molar refractivity (Wildman–Crippen MR) is 92.1 cm³/mol. The Morgan fingerprint density at radius 3 is 2.17 bits per heavy atom. The van der Waals surface area contributed by atoms with E-state index in [-0.39, 0.29) is 17.6 Å². The summed E-state index contributed by atoms with van der Waals surface area (Å²) in [5.41, 5.74) is 0.611. The topological polar surface area (TPSA) is 37.4 Å². The number of rotatable bonds is 3. The molecule has 23 heavy (non-hydrogen) atoms. The molecule has 2 aliphatic rings. The first kappa shape index (κ1) is 16.8. The molecule has 1 aliphatic carbocycles. The number of carbonyl (C=O) groups is 2. The summed E-state index contributed by atoms with van der Waals surface area (Å²) in [5, 5.41) is 0.867. The Labute approximate surface area is 146 Å². The highest BCUT2D eigenvalue weighted by molar-refractivity contribution is 6.42. The highest BCUT2D eigenvalue weighted by Gasteiger charge is 2.32. The van der Waals surface area contributed by atoms with Crippen LogP contribution < -0.4 is 0 Å². The van der Waals surface area contributed by atoms with Gasteiger partial charge >= 0.3 is 0 Å². The highest BCUT2D eigenvalue weighted by Crippen LogP contribution is 2.30. The molecule has 0 unspecified atom stereocenters. The van der Waals surface area contributed by atoms with Crippen LogP contribution >= 0.6 is 23.2 Å². The highest BCUT2D eigenvalue weighted by atomic mass is 35.5. The van der Waals surface area contributed by atoms with Crippen LogP contribution in [0.25, 0.3) is 0 Å². The molecule has 0 spiro atoms. The zero-order chi connectivity index (χ0) is 16.4. The largest absolute Gasteiger partial charge is 0.342 e.